The zero-order valence-electron chi connectivity index (χ0n) is 15.8. The fraction of sp³-hybridized carbons (Fsp3) is 0.136. The summed E-state index contributed by atoms with van der Waals surface area (Å²) in [4.78, 5) is 18.9. The highest BCUT2D eigenvalue weighted by atomic mass is 16.2. The van der Waals surface area contributed by atoms with Crippen LogP contribution in [0.15, 0.2) is 85.5 Å². The van der Waals surface area contributed by atoms with Crippen LogP contribution in [0.2, 0.25) is 0 Å². The minimum atomic E-state index is -0.151. The third-order valence-electron chi connectivity index (χ3n) is 4.54. The van der Waals surface area contributed by atoms with E-state index in [0.29, 0.717) is 24.6 Å². The van der Waals surface area contributed by atoms with E-state index in [9.17, 15) is 4.79 Å². The van der Waals surface area contributed by atoms with Crippen molar-refractivity contribution in [2.45, 2.75) is 13.0 Å². The van der Waals surface area contributed by atoms with E-state index in [0.717, 1.165) is 12.0 Å². The van der Waals surface area contributed by atoms with Crippen molar-refractivity contribution in [1.82, 2.24) is 29.9 Å². The molecule has 2 aromatic heterocycles. The summed E-state index contributed by atoms with van der Waals surface area (Å²) in [5.41, 5.74) is 2.56. The van der Waals surface area contributed by atoms with E-state index in [1.807, 2.05) is 53.4 Å². The first-order valence-corrected chi connectivity index (χ1v) is 9.35. The van der Waals surface area contributed by atoms with Gasteiger partial charge in [-0.1, -0.05) is 60.7 Å². The van der Waals surface area contributed by atoms with Crippen molar-refractivity contribution >= 4 is 5.91 Å². The largest absolute Gasteiger partial charge is 0.333 e. The highest BCUT2D eigenvalue weighted by Gasteiger charge is 2.18. The Balaban J connectivity index is 1.53. The van der Waals surface area contributed by atoms with E-state index >= 15 is 0 Å². The molecule has 29 heavy (non-hydrogen) atoms. The van der Waals surface area contributed by atoms with Crippen LogP contribution in [0.4, 0.5) is 0 Å². The highest BCUT2D eigenvalue weighted by molar-refractivity contribution is 5.92. The van der Waals surface area contributed by atoms with Gasteiger partial charge in [-0.25, -0.2) is 9.67 Å². The standard InChI is InChI=1S/C22H20N6O/c29-22(20-11-12-21(26-25-20)28-17-23-16-24-28)27(15-19-9-5-2-6-10-19)14-13-18-7-3-1-4-8-18/h1-12,16-17H,13-15H2. The molecule has 0 aliphatic rings. The summed E-state index contributed by atoms with van der Waals surface area (Å²) in [5, 5.41) is 12.3. The fourth-order valence-electron chi connectivity index (χ4n) is 3.01. The van der Waals surface area contributed by atoms with Crippen molar-refractivity contribution in [2.24, 2.45) is 0 Å². The summed E-state index contributed by atoms with van der Waals surface area (Å²) in [7, 11) is 0. The molecule has 0 atom stereocenters. The van der Waals surface area contributed by atoms with Crippen molar-refractivity contribution in [2.75, 3.05) is 6.54 Å². The zero-order valence-corrected chi connectivity index (χ0v) is 15.8. The molecule has 0 aliphatic heterocycles. The molecule has 0 saturated heterocycles. The minimum absolute atomic E-state index is 0.151. The summed E-state index contributed by atoms with van der Waals surface area (Å²) < 4.78 is 1.50. The van der Waals surface area contributed by atoms with Gasteiger partial charge in [-0.05, 0) is 29.7 Å². The Kier molecular flexibility index (Phi) is 5.66. The summed E-state index contributed by atoms with van der Waals surface area (Å²) in [6, 6.07) is 23.5. The lowest BCUT2D eigenvalue weighted by Gasteiger charge is -2.22. The quantitative estimate of drug-likeness (QED) is 0.490. The van der Waals surface area contributed by atoms with E-state index in [4.69, 9.17) is 0 Å². The zero-order chi connectivity index (χ0) is 19.9. The highest BCUT2D eigenvalue weighted by Crippen LogP contribution is 2.11. The van der Waals surface area contributed by atoms with Crippen LogP contribution in [0.3, 0.4) is 0 Å². The predicted octanol–water partition coefficient (Wildman–Crippen LogP) is 2.94. The number of amides is 1. The summed E-state index contributed by atoms with van der Waals surface area (Å²) in [6.45, 7) is 1.10. The topological polar surface area (TPSA) is 76.8 Å². The maximum atomic E-state index is 13.2. The normalized spacial score (nSPS) is 10.6. The van der Waals surface area contributed by atoms with Crippen molar-refractivity contribution in [3.8, 4) is 5.82 Å². The SMILES string of the molecule is O=C(c1ccc(-n2cncn2)nn1)N(CCc1ccccc1)Cc1ccccc1. The average Bonchev–Trinajstić information content (AvgIpc) is 3.33. The molecule has 0 unspecified atom stereocenters. The average molecular weight is 384 g/mol. The smallest absolute Gasteiger partial charge is 0.274 e. The number of carbonyl (C=O) groups is 1. The number of hydrogen-bond acceptors (Lipinski definition) is 5. The molecule has 144 valence electrons. The number of aromatic nitrogens is 5. The van der Waals surface area contributed by atoms with Gasteiger partial charge in [-0.15, -0.1) is 10.2 Å². The molecule has 0 aliphatic carbocycles. The molecule has 0 saturated carbocycles. The van der Waals surface area contributed by atoms with Gasteiger partial charge in [-0.3, -0.25) is 4.79 Å². The van der Waals surface area contributed by atoms with Gasteiger partial charge >= 0.3 is 0 Å². The Morgan fingerprint density at radius 3 is 2.21 bits per heavy atom. The lowest BCUT2D eigenvalue weighted by molar-refractivity contribution is 0.0738. The molecule has 7 heteroatoms. The van der Waals surface area contributed by atoms with Gasteiger partial charge in [0.15, 0.2) is 11.5 Å². The molecular formula is C22H20N6O. The van der Waals surface area contributed by atoms with Crippen LogP contribution in [0.25, 0.3) is 5.82 Å². The summed E-state index contributed by atoms with van der Waals surface area (Å²) in [6.07, 6.45) is 3.73. The van der Waals surface area contributed by atoms with Crippen molar-refractivity contribution in [3.63, 3.8) is 0 Å². The molecule has 7 nitrogen and oxygen atoms in total. The number of nitrogens with zero attached hydrogens (tertiary/aromatic N) is 6. The number of benzene rings is 2. The minimum Gasteiger partial charge on any atom is -0.333 e. The van der Waals surface area contributed by atoms with Gasteiger partial charge in [0.1, 0.15) is 12.7 Å². The van der Waals surface area contributed by atoms with Crippen molar-refractivity contribution in [3.05, 3.63) is 102 Å². The molecule has 2 aromatic carbocycles. The molecule has 4 aromatic rings. The van der Waals surface area contributed by atoms with Gasteiger partial charge in [0, 0.05) is 13.1 Å². The Labute approximate surface area is 168 Å². The van der Waals surface area contributed by atoms with E-state index in [-0.39, 0.29) is 5.91 Å². The van der Waals surface area contributed by atoms with E-state index in [1.165, 1.54) is 22.9 Å². The summed E-state index contributed by atoms with van der Waals surface area (Å²) >= 11 is 0. The molecule has 4 rings (SSSR count). The third kappa shape index (κ3) is 4.70. The Morgan fingerprint density at radius 1 is 0.862 bits per heavy atom. The molecule has 0 bridgehead atoms. The van der Waals surface area contributed by atoms with Crippen LogP contribution in [-0.4, -0.2) is 42.3 Å². The molecule has 0 radical (unpaired) electrons. The molecule has 0 N–H and O–H groups in total. The number of rotatable bonds is 7. The first kappa shape index (κ1) is 18.5. The maximum Gasteiger partial charge on any atom is 0.274 e. The van der Waals surface area contributed by atoms with Crippen molar-refractivity contribution in [1.29, 1.82) is 0 Å². The van der Waals surface area contributed by atoms with Crippen LogP contribution >= 0.6 is 0 Å². The lowest BCUT2D eigenvalue weighted by atomic mass is 10.1. The Morgan fingerprint density at radius 2 is 1.59 bits per heavy atom. The molecule has 0 spiro atoms. The summed E-state index contributed by atoms with van der Waals surface area (Å²) in [5.74, 6) is 0.361. The lowest BCUT2D eigenvalue weighted by Crippen LogP contribution is -2.33. The van der Waals surface area contributed by atoms with Crippen LogP contribution < -0.4 is 0 Å². The van der Waals surface area contributed by atoms with Crippen molar-refractivity contribution < 1.29 is 4.79 Å². The second-order valence-corrected chi connectivity index (χ2v) is 6.56. The maximum absolute atomic E-state index is 13.2. The van der Waals surface area contributed by atoms with Crippen LogP contribution in [0, 0.1) is 0 Å². The molecule has 0 fully saturated rings. The van der Waals surface area contributed by atoms with Gasteiger partial charge in [-0.2, -0.15) is 5.10 Å². The monoisotopic (exact) mass is 384 g/mol. The van der Waals surface area contributed by atoms with Crippen LogP contribution in [-0.2, 0) is 13.0 Å². The molecule has 2 heterocycles. The van der Waals surface area contributed by atoms with Gasteiger partial charge < -0.3 is 4.90 Å². The second kappa shape index (κ2) is 8.88. The van der Waals surface area contributed by atoms with Gasteiger partial charge in [0.25, 0.3) is 5.91 Å². The van der Waals surface area contributed by atoms with Gasteiger partial charge in [0.2, 0.25) is 0 Å². The van der Waals surface area contributed by atoms with E-state index in [2.05, 4.69) is 32.4 Å². The Hall–Kier alpha value is -3.87. The van der Waals surface area contributed by atoms with Gasteiger partial charge in [0.05, 0.1) is 0 Å². The van der Waals surface area contributed by atoms with Crippen LogP contribution in [0.5, 0.6) is 0 Å². The third-order valence-corrected chi connectivity index (χ3v) is 4.54. The fourth-order valence-corrected chi connectivity index (χ4v) is 3.01. The first-order chi connectivity index (χ1) is 14.3. The van der Waals surface area contributed by atoms with E-state index in [1.54, 1.807) is 12.1 Å². The second-order valence-electron chi connectivity index (χ2n) is 6.56. The predicted molar refractivity (Wildman–Crippen MR) is 108 cm³/mol. The Bertz CT molecular complexity index is 1030. The van der Waals surface area contributed by atoms with E-state index < -0.39 is 0 Å². The molecule has 1 amide bonds. The first-order valence-electron chi connectivity index (χ1n) is 9.35. The number of carbonyl (C=O) groups excluding carboxylic acids is 1. The van der Waals surface area contributed by atoms with Crippen LogP contribution in [0.1, 0.15) is 21.6 Å². The number of hydrogen-bond donors (Lipinski definition) is 0. The molecular weight excluding hydrogens is 364 g/mol.